The van der Waals surface area contributed by atoms with Gasteiger partial charge in [-0.3, -0.25) is 0 Å². The Labute approximate surface area is 148 Å². The minimum Gasteiger partial charge on any atom is -0.495 e. The summed E-state index contributed by atoms with van der Waals surface area (Å²) in [5.41, 5.74) is 0. The van der Waals surface area contributed by atoms with Gasteiger partial charge < -0.3 is 14.1 Å². The molecule has 1 aromatic carbocycles. The molecule has 1 aliphatic heterocycles. The van der Waals surface area contributed by atoms with Gasteiger partial charge >= 0.3 is 0 Å². The summed E-state index contributed by atoms with van der Waals surface area (Å²) in [6, 6.07) is 10.4. The van der Waals surface area contributed by atoms with E-state index in [-0.39, 0.29) is 10.9 Å². The number of benzene rings is 1. The molecule has 6 nitrogen and oxygen atoms in total. The molecule has 1 aromatic heterocycles. The topological polar surface area (TPSA) is 73.0 Å². The standard InChI is InChI=1S/C18H24N2O4S/c1-23-17-8-3-4-10-18(17)25(21,22)19-14-15(16-9-7-13-24-16)20-11-5-2-6-12-20/h3-4,7-10,13,15,19H,2,5-6,11-12,14H2,1H3/p+1/t15-/m1/s1. The maximum atomic E-state index is 12.7. The summed E-state index contributed by atoms with van der Waals surface area (Å²) in [5, 5.41) is 0. The smallest absolute Gasteiger partial charge is 0.244 e. The van der Waals surface area contributed by atoms with Gasteiger partial charge in [-0.05, 0) is 43.5 Å². The Morgan fingerprint density at radius 2 is 1.92 bits per heavy atom. The van der Waals surface area contributed by atoms with Crippen LogP contribution in [0.4, 0.5) is 0 Å². The number of sulfonamides is 1. The number of nitrogens with one attached hydrogen (secondary N) is 2. The largest absolute Gasteiger partial charge is 0.495 e. The van der Waals surface area contributed by atoms with Crippen LogP contribution in [-0.4, -0.2) is 35.2 Å². The van der Waals surface area contributed by atoms with E-state index < -0.39 is 10.0 Å². The summed E-state index contributed by atoms with van der Waals surface area (Å²) in [6.07, 6.45) is 5.19. The number of piperidine rings is 1. The summed E-state index contributed by atoms with van der Waals surface area (Å²) in [4.78, 5) is 1.52. The highest BCUT2D eigenvalue weighted by Crippen LogP contribution is 2.23. The lowest BCUT2D eigenvalue weighted by Gasteiger charge is -2.30. The molecule has 1 aliphatic rings. The Balaban J connectivity index is 1.78. The summed E-state index contributed by atoms with van der Waals surface area (Å²) in [6.45, 7) is 2.35. The Morgan fingerprint density at radius 1 is 1.16 bits per heavy atom. The molecule has 1 fully saturated rings. The summed E-state index contributed by atoms with van der Waals surface area (Å²) in [5.74, 6) is 1.16. The van der Waals surface area contributed by atoms with E-state index in [0.717, 1.165) is 31.7 Å². The number of hydrogen-bond donors (Lipinski definition) is 2. The van der Waals surface area contributed by atoms with Gasteiger partial charge in [-0.2, -0.15) is 0 Å². The van der Waals surface area contributed by atoms with E-state index in [1.807, 2.05) is 12.1 Å². The number of methoxy groups -OCH3 is 1. The second-order valence-electron chi connectivity index (χ2n) is 6.29. The summed E-state index contributed by atoms with van der Waals surface area (Å²) in [7, 11) is -2.19. The quantitative estimate of drug-likeness (QED) is 0.777. The fourth-order valence-corrected chi connectivity index (χ4v) is 4.62. The van der Waals surface area contributed by atoms with Crippen LogP contribution in [0.15, 0.2) is 52.0 Å². The number of quaternary nitrogens is 1. The molecule has 136 valence electrons. The molecule has 1 saturated heterocycles. The molecule has 2 aromatic rings. The molecule has 0 spiro atoms. The van der Waals surface area contributed by atoms with Crippen LogP contribution in [0, 0.1) is 0 Å². The Bertz CT molecular complexity index is 768. The van der Waals surface area contributed by atoms with Crippen LogP contribution in [0.25, 0.3) is 0 Å². The van der Waals surface area contributed by atoms with Crippen molar-refractivity contribution >= 4 is 10.0 Å². The van der Waals surface area contributed by atoms with E-state index in [0.29, 0.717) is 12.3 Å². The van der Waals surface area contributed by atoms with Crippen LogP contribution < -0.4 is 14.4 Å². The van der Waals surface area contributed by atoms with Crippen molar-refractivity contribution in [3.63, 3.8) is 0 Å². The molecular weight excluding hydrogens is 340 g/mol. The van der Waals surface area contributed by atoms with Crippen LogP contribution in [0.1, 0.15) is 31.1 Å². The Morgan fingerprint density at radius 3 is 2.60 bits per heavy atom. The minimum atomic E-state index is -3.66. The number of likely N-dealkylation sites (tertiary alicyclic amines) is 1. The first kappa shape index (κ1) is 18.0. The second-order valence-corrected chi connectivity index (χ2v) is 8.03. The van der Waals surface area contributed by atoms with Gasteiger partial charge in [0.2, 0.25) is 10.0 Å². The fraction of sp³-hybridized carbons (Fsp3) is 0.444. The van der Waals surface area contributed by atoms with Gasteiger partial charge in [-0.25, -0.2) is 13.1 Å². The molecule has 25 heavy (non-hydrogen) atoms. The number of furan rings is 1. The monoisotopic (exact) mass is 365 g/mol. The predicted molar refractivity (Wildman–Crippen MR) is 94.2 cm³/mol. The molecule has 1 atom stereocenters. The van der Waals surface area contributed by atoms with Crippen molar-refractivity contribution in [2.24, 2.45) is 0 Å². The highest BCUT2D eigenvalue weighted by Gasteiger charge is 2.30. The van der Waals surface area contributed by atoms with E-state index in [4.69, 9.17) is 9.15 Å². The van der Waals surface area contributed by atoms with Crippen molar-refractivity contribution in [1.29, 1.82) is 0 Å². The molecule has 3 rings (SSSR count). The molecule has 0 amide bonds. The molecule has 7 heteroatoms. The normalized spacial score (nSPS) is 17.3. The van der Waals surface area contributed by atoms with E-state index in [1.165, 1.54) is 18.4 Å². The van der Waals surface area contributed by atoms with Crippen LogP contribution in [0.3, 0.4) is 0 Å². The zero-order chi connectivity index (χ0) is 17.7. The molecule has 2 N–H and O–H groups in total. The van der Waals surface area contributed by atoms with Gasteiger partial charge in [0.15, 0.2) is 11.8 Å². The third-order valence-corrected chi connectivity index (χ3v) is 6.17. The fourth-order valence-electron chi connectivity index (χ4n) is 3.40. The van der Waals surface area contributed by atoms with Crippen molar-refractivity contribution in [1.82, 2.24) is 4.72 Å². The molecule has 0 aliphatic carbocycles. The first-order chi connectivity index (χ1) is 12.1. The van der Waals surface area contributed by atoms with Crippen LogP contribution in [-0.2, 0) is 10.0 Å². The van der Waals surface area contributed by atoms with Gasteiger partial charge in [0, 0.05) is 0 Å². The van der Waals surface area contributed by atoms with Crippen molar-refractivity contribution in [2.45, 2.75) is 30.2 Å². The van der Waals surface area contributed by atoms with Gasteiger partial charge in [0.1, 0.15) is 10.6 Å². The summed E-state index contributed by atoms with van der Waals surface area (Å²) >= 11 is 0. The van der Waals surface area contributed by atoms with Crippen LogP contribution >= 0.6 is 0 Å². The van der Waals surface area contributed by atoms with E-state index in [9.17, 15) is 8.42 Å². The lowest BCUT2D eigenvalue weighted by atomic mass is 10.1. The highest BCUT2D eigenvalue weighted by molar-refractivity contribution is 7.89. The molecule has 0 unspecified atom stereocenters. The van der Waals surface area contributed by atoms with Crippen molar-refractivity contribution in [2.75, 3.05) is 26.7 Å². The number of ether oxygens (including phenoxy) is 1. The highest BCUT2D eigenvalue weighted by atomic mass is 32.2. The summed E-state index contributed by atoms with van der Waals surface area (Å²) < 4.78 is 39.0. The molecule has 0 bridgehead atoms. The zero-order valence-corrected chi connectivity index (χ0v) is 15.2. The third kappa shape index (κ3) is 4.23. The van der Waals surface area contributed by atoms with Gasteiger partial charge in [-0.15, -0.1) is 0 Å². The van der Waals surface area contributed by atoms with E-state index in [1.54, 1.807) is 30.5 Å². The zero-order valence-electron chi connectivity index (χ0n) is 14.4. The van der Waals surface area contributed by atoms with Crippen LogP contribution in [0.5, 0.6) is 5.75 Å². The van der Waals surface area contributed by atoms with Gasteiger partial charge in [0.05, 0.1) is 33.0 Å². The first-order valence-corrected chi connectivity index (χ1v) is 10.1. The number of rotatable bonds is 7. The number of para-hydroxylation sites is 1. The van der Waals surface area contributed by atoms with E-state index >= 15 is 0 Å². The molecular formula is C18H25N2O4S+. The van der Waals surface area contributed by atoms with Gasteiger partial charge in [0.25, 0.3) is 0 Å². The predicted octanol–water partition coefficient (Wildman–Crippen LogP) is 1.38. The molecule has 0 radical (unpaired) electrons. The second kappa shape index (κ2) is 8.03. The number of hydrogen-bond acceptors (Lipinski definition) is 4. The van der Waals surface area contributed by atoms with Crippen molar-refractivity contribution in [3.8, 4) is 5.75 Å². The molecule has 2 heterocycles. The van der Waals surface area contributed by atoms with Crippen molar-refractivity contribution in [3.05, 3.63) is 48.4 Å². The average Bonchev–Trinajstić information content (AvgIpc) is 3.17. The van der Waals surface area contributed by atoms with Crippen LogP contribution in [0.2, 0.25) is 0 Å². The maximum absolute atomic E-state index is 12.7. The lowest BCUT2D eigenvalue weighted by Crippen LogP contribution is -3.13. The SMILES string of the molecule is COc1ccccc1S(=O)(=O)NC[C@H](c1ccco1)[NH+]1CCCCC1. The lowest BCUT2D eigenvalue weighted by molar-refractivity contribution is -0.935. The van der Waals surface area contributed by atoms with E-state index in [2.05, 4.69) is 4.72 Å². The van der Waals surface area contributed by atoms with Crippen molar-refractivity contribution < 1.29 is 22.5 Å². The maximum Gasteiger partial charge on any atom is 0.244 e. The average molecular weight is 365 g/mol. The Kier molecular flexibility index (Phi) is 5.78. The third-order valence-electron chi connectivity index (χ3n) is 4.71. The Hall–Kier alpha value is -1.83. The minimum absolute atomic E-state index is 0.0280. The van der Waals surface area contributed by atoms with Gasteiger partial charge in [-0.1, -0.05) is 12.1 Å². The molecule has 0 saturated carbocycles. The first-order valence-electron chi connectivity index (χ1n) is 8.62.